The molecule has 0 saturated carbocycles. The third-order valence-electron chi connectivity index (χ3n) is 4.24. The highest BCUT2D eigenvalue weighted by molar-refractivity contribution is 7.17. The van der Waals surface area contributed by atoms with Gasteiger partial charge in [-0.3, -0.25) is 4.79 Å². The van der Waals surface area contributed by atoms with Crippen molar-refractivity contribution in [2.75, 3.05) is 5.32 Å². The Morgan fingerprint density at radius 1 is 1.19 bits per heavy atom. The number of aryl methyl sites for hydroxylation is 2. The maximum absolute atomic E-state index is 12.6. The molecule has 4 aromatic rings. The topological polar surface area (TPSA) is 59.8 Å². The summed E-state index contributed by atoms with van der Waals surface area (Å²) in [6.45, 7) is 4.79. The molecule has 0 radical (unpaired) electrons. The van der Waals surface area contributed by atoms with Gasteiger partial charge in [0.2, 0.25) is 0 Å². The number of hydrogen-bond acceptors (Lipinski definition) is 4. The van der Waals surface area contributed by atoms with E-state index >= 15 is 0 Å². The molecule has 0 aliphatic carbocycles. The van der Waals surface area contributed by atoms with Gasteiger partial charge < -0.3 is 9.88 Å². The zero-order valence-electron chi connectivity index (χ0n) is 14.6. The van der Waals surface area contributed by atoms with Gasteiger partial charge in [-0.15, -0.1) is 11.3 Å². The molecule has 0 aliphatic rings. The lowest BCUT2D eigenvalue weighted by atomic mass is 10.2. The van der Waals surface area contributed by atoms with E-state index in [2.05, 4.69) is 33.0 Å². The number of para-hydroxylation sites is 1. The van der Waals surface area contributed by atoms with Crippen LogP contribution in [0.5, 0.6) is 0 Å². The van der Waals surface area contributed by atoms with Crippen LogP contribution in [0.3, 0.4) is 0 Å². The average molecular weight is 362 g/mol. The van der Waals surface area contributed by atoms with Crippen molar-refractivity contribution in [3.05, 3.63) is 65.4 Å². The van der Waals surface area contributed by atoms with Crippen LogP contribution in [0.4, 0.5) is 5.69 Å². The van der Waals surface area contributed by atoms with Crippen LogP contribution in [0, 0.1) is 6.92 Å². The van der Waals surface area contributed by atoms with E-state index in [9.17, 15) is 4.79 Å². The zero-order chi connectivity index (χ0) is 18.1. The van der Waals surface area contributed by atoms with E-state index in [0.29, 0.717) is 4.88 Å². The lowest BCUT2D eigenvalue weighted by molar-refractivity contribution is 0.103. The number of carbonyl (C=O) groups excluding carboxylic acids is 1. The number of nitrogens with zero attached hydrogens (tertiary/aromatic N) is 3. The van der Waals surface area contributed by atoms with Gasteiger partial charge in [0, 0.05) is 35.6 Å². The minimum Gasteiger partial charge on any atom is -0.332 e. The van der Waals surface area contributed by atoms with E-state index in [0.717, 1.165) is 39.5 Å². The molecular formula is C20H18N4OS. The van der Waals surface area contributed by atoms with Crippen LogP contribution < -0.4 is 5.32 Å². The van der Waals surface area contributed by atoms with Crippen molar-refractivity contribution in [1.29, 1.82) is 0 Å². The Morgan fingerprint density at radius 2 is 2.00 bits per heavy atom. The third-order valence-corrected chi connectivity index (χ3v) is 5.43. The lowest BCUT2D eigenvalue weighted by Gasteiger charge is -2.02. The van der Waals surface area contributed by atoms with E-state index in [1.807, 2.05) is 49.4 Å². The molecule has 0 bridgehead atoms. The van der Waals surface area contributed by atoms with Gasteiger partial charge in [-0.25, -0.2) is 9.97 Å². The van der Waals surface area contributed by atoms with Crippen molar-refractivity contribution in [2.45, 2.75) is 20.4 Å². The van der Waals surface area contributed by atoms with E-state index in [4.69, 9.17) is 0 Å². The van der Waals surface area contributed by atoms with Gasteiger partial charge in [-0.1, -0.05) is 18.2 Å². The number of anilines is 1. The first-order valence-corrected chi connectivity index (χ1v) is 9.27. The number of rotatable bonds is 4. The Bertz CT molecular complexity index is 1080. The summed E-state index contributed by atoms with van der Waals surface area (Å²) in [4.78, 5) is 22.4. The molecule has 0 spiro atoms. The lowest BCUT2D eigenvalue weighted by Crippen LogP contribution is -2.11. The number of fused-ring (bicyclic) bond motifs is 1. The molecule has 0 unspecified atom stereocenters. The van der Waals surface area contributed by atoms with E-state index in [1.54, 1.807) is 6.20 Å². The fourth-order valence-corrected chi connectivity index (χ4v) is 3.95. The molecule has 26 heavy (non-hydrogen) atoms. The number of carbonyl (C=O) groups is 1. The number of hydrogen-bond donors (Lipinski definition) is 1. The second-order valence-corrected chi connectivity index (χ2v) is 6.96. The second kappa shape index (κ2) is 6.72. The summed E-state index contributed by atoms with van der Waals surface area (Å²) in [7, 11) is 0. The largest absolute Gasteiger partial charge is 0.332 e. The highest BCUT2D eigenvalue weighted by Crippen LogP contribution is 2.34. The van der Waals surface area contributed by atoms with Crippen molar-refractivity contribution in [3.63, 3.8) is 0 Å². The Kier molecular flexibility index (Phi) is 4.26. The van der Waals surface area contributed by atoms with Crippen LogP contribution in [0.1, 0.15) is 22.3 Å². The molecule has 6 heteroatoms. The molecule has 3 aromatic heterocycles. The fraction of sp³-hybridized carbons (Fsp3) is 0.150. The second-order valence-electron chi connectivity index (χ2n) is 5.96. The molecule has 0 atom stereocenters. The summed E-state index contributed by atoms with van der Waals surface area (Å²) >= 11 is 1.41. The van der Waals surface area contributed by atoms with Gasteiger partial charge in [0.05, 0.1) is 5.69 Å². The quantitative estimate of drug-likeness (QED) is 0.570. The number of pyridine rings is 1. The molecule has 0 aliphatic heterocycles. The predicted octanol–water partition coefficient (Wildman–Crippen LogP) is 4.74. The van der Waals surface area contributed by atoms with Crippen LogP contribution in [0.15, 0.2) is 54.9 Å². The first kappa shape index (κ1) is 16.5. The monoisotopic (exact) mass is 362 g/mol. The standard InChI is InChI=1S/C20H18N4OS/c1-3-24-12-16(15-10-7-11-21-18(15)24)20-22-13(2)17(26-20)19(25)23-14-8-5-4-6-9-14/h4-12H,3H2,1-2H3,(H,23,25). The molecule has 1 N–H and O–H groups in total. The Balaban J connectivity index is 1.72. The summed E-state index contributed by atoms with van der Waals surface area (Å²) in [5.41, 5.74) is 3.47. The van der Waals surface area contributed by atoms with Crippen LogP contribution in [0.2, 0.25) is 0 Å². The number of aromatic nitrogens is 3. The summed E-state index contributed by atoms with van der Waals surface area (Å²) in [5.74, 6) is -0.130. The maximum Gasteiger partial charge on any atom is 0.267 e. The fourth-order valence-electron chi connectivity index (χ4n) is 2.97. The maximum atomic E-state index is 12.6. The van der Waals surface area contributed by atoms with E-state index in [1.165, 1.54) is 11.3 Å². The Labute approximate surface area is 155 Å². The first-order valence-electron chi connectivity index (χ1n) is 8.45. The highest BCUT2D eigenvalue weighted by Gasteiger charge is 2.19. The summed E-state index contributed by atoms with van der Waals surface area (Å²) < 4.78 is 2.10. The molecule has 0 saturated heterocycles. The van der Waals surface area contributed by atoms with Gasteiger partial charge in [0.1, 0.15) is 15.5 Å². The first-order chi connectivity index (χ1) is 12.7. The van der Waals surface area contributed by atoms with Crippen molar-refractivity contribution in [1.82, 2.24) is 14.5 Å². The van der Waals surface area contributed by atoms with Gasteiger partial charge in [-0.05, 0) is 38.1 Å². The van der Waals surface area contributed by atoms with Crippen LogP contribution >= 0.6 is 11.3 Å². The van der Waals surface area contributed by atoms with Crippen molar-refractivity contribution in [3.8, 4) is 10.6 Å². The van der Waals surface area contributed by atoms with Crippen LogP contribution in [0.25, 0.3) is 21.6 Å². The summed E-state index contributed by atoms with van der Waals surface area (Å²) in [5, 5.41) is 4.82. The molecule has 4 rings (SSSR count). The number of benzene rings is 1. The molecule has 0 fully saturated rings. The average Bonchev–Trinajstić information content (AvgIpc) is 3.23. The minimum atomic E-state index is -0.130. The van der Waals surface area contributed by atoms with Gasteiger partial charge in [-0.2, -0.15) is 0 Å². The smallest absolute Gasteiger partial charge is 0.267 e. The molecule has 5 nitrogen and oxygen atoms in total. The number of amides is 1. The molecule has 1 amide bonds. The van der Waals surface area contributed by atoms with Gasteiger partial charge >= 0.3 is 0 Å². The normalized spacial score (nSPS) is 11.0. The minimum absolute atomic E-state index is 0.130. The number of thiazole rings is 1. The molecular weight excluding hydrogens is 344 g/mol. The summed E-state index contributed by atoms with van der Waals surface area (Å²) in [6.07, 6.45) is 3.86. The van der Waals surface area contributed by atoms with Crippen molar-refractivity contribution < 1.29 is 4.79 Å². The van der Waals surface area contributed by atoms with Crippen molar-refractivity contribution in [2.24, 2.45) is 0 Å². The highest BCUT2D eigenvalue weighted by atomic mass is 32.1. The zero-order valence-corrected chi connectivity index (χ0v) is 15.4. The van der Waals surface area contributed by atoms with E-state index < -0.39 is 0 Å². The Morgan fingerprint density at radius 3 is 2.77 bits per heavy atom. The van der Waals surface area contributed by atoms with Gasteiger partial charge in [0.25, 0.3) is 5.91 Å². The molecule has 130 valence electrons. The predicted molar refractivity (Wildman–Crippen MR) is 106 cm³/mol. The van der Waals surface area contributed by atoms with Crippen molar-refractivity contribution >= 4 is 34.0 Å². The van der Waals surface area contributed by atoms with E-state index in [-0.39, 0.29) is 5.91 Å². The molecule has 3 heterocycles. The third kappa shape index (κ3) is 2.88. The Hall–Kier alpha value is -2.99. The SMILES string of the molecule is CCn1cc(-c2nc(C)c(C(=O)Nc3ccccc3)s2)c2cccnc21. The number of nitrogens with one attached hydrogen (secondary N) is 1. The van der Waals surface area contributed by atoms with Crippen LogP contribution in [-0.4, -0.2) is 20.4 Å². The van der Waals surface area contributed by atoms with Gasteiger partial charge in [0.15, 0.2) is 0 Å². The molecule has 1 aromatic carbocycles. The van der Waals surface area contributed by atoms with Crippen LogP contribution in [-0.2, 0) is 6.54 Å². The summed E-state index contributed by atoms with van der Waals surface area (Å²) in [6, 6.07) is 13.4.